The molecule has 0 fully saturated rings. The zero-order chi connectivity index (χ0) is 20.3. The van der Waals surface area contributed by atoms with Crippen LogP contribution in [0.3, 0.4) is 0 Å². The average Bonchev–Trinajstić information content (AvgIpc) is 3.41. The fraction of sp³-hybridized carbons (Fsp3) is 0.130. The SMILES string of the molecule is N#Cc1ccc2nc(Cc3ccc(CCNc4ncnc5ccsc45)cc3)[nH]c2c1. The molecule has 0 radical (unpaired) electrons. The van der Waals surface area contributed by atoms with E-state index >= 15 is 0 Å². The molecule has 6 nitrogen and oxygen atoms in total. The Morgan fingerprint density at radius 1 is 1.00 bits per heavy atom. The van der Waals surface area contributed by atoms with Crippen molar-refractivity contribution in [2.24, 2.45) is 0 Å². The van der Waals surface area contributed by atoms with Gasteiger partial charge in [-0.05, 0) is 47.2 Å². The summed E-state index contributed by atoms with van der Waals surface area (Å²) in [5.41, 5.74) is 5.87. The van der Waals surface area contributed by atoms with Crippen molar-refractivity contribution < 1.29 is 0 Å². The van der Waals surface area contributed by atoms with Crippen LogP contribution >= 0.6 is 11.3 Å². The molecule has 30 heavy (non-hydrogen) atoms. The molecular formula is C23H18N6S. The van der Waals surface area contributed by atoms with E-state index in [2.05, 4.69) is 55.6 Å². The number of hydrogen-bond donors (Lipinski definition) is 2. The average molecular weight is 411 g/mol. The number of H-pyrrole nitrogens is 1. The van der Waals surface area contributed by atoms with Crippen molar-refractivity contribution in [3.05, 3.63) is 82.8 Å². The highest BCUT2D eigenvalue weighted by molar-refractivity contribution is 7.17. The summed E-state index contributed by atoms with van der Waals surface area (Å²) >= 11 is 1.65. The molecule has 0 unspecified atom stereocenters. The number of fused-ring (bicyclic) bond motifs is 2. The van der Waals surface area contributed by atoms with E-state index in [4.69, 9.17) is 5.26 Å². The molecule has 3 heterocycles. The lowest BCUT2D eigenvalue weighted by Crippen LogP contribution is -2.06. The van der Waals surface area contributed by atoms with Gasteiger partial charge in [-0.15, -0.1) is 11.3 Å². The summed E-state index contributed by atoms with van der Waals surface area (Å²) in [4.78, 5) is 16.6. The van der Waals surface area contributed by atoms with E-state index in [1.54, 1.807) is 23.7 Å². The van der Waals surface area contributed by atoms with Gasteiger partial charge in [0.05, 0.1) is 32.9 Å². The number of rotatable bonds is 6. The van der Waals surface area contributed by atoms with Gasteiger partial charge < -0.3 is 10.3 Å². The van der Waals surface area contributed by atoms with Crippen LogP contribution in [0.2, 0.25) is 0 Å². The predicted octanol–water partition coefficient (Wildman–Crippen LogP) is 4.68. The molecule has 0 amide bonds. The fourth-order valence-corrected chi connectivity index (χ4v) is 4.28. The first-order valence-corrected chi connectivity index (χ1v) is 10.5. The molecule has 146 valence electrons. The lowest BCUT2D eigenvalue weighted by molar-refractivity contribution is 0.997. The normalized spacial score (nSPS) is 11.0. The third kappa shape index (κ3) is 3.73. The van der Waals surface area contributed by atoms with Crippen LogP contribution in [0.1, 0.15) is 22.5 Å². The van der Waals surface area contributed by atoms with Gasteiger partial charge in [-0.3, -0.25) is 0 Å². The highest BCUT2D eigenvalue weighted by Gasteiger charge is 2.06. The first-order valence-electron chi connectivity index (χ1n) is 9.67. The smallest absolute Gasteiger partial charge is 0.147 e. The maximum atomic E-state index is 9.03. The number of thiophene rings is 1. The van der Waals surface area contributed by atoms with Crippen molar-refractivity contribution in [2.45, 2.75) is 12.8 Å². The molecule has 0 spiro atoms. The number of aromatic nitrogens is 4. The van der Waals surface area contributed by atoms with E-state index in [9.17, 15) is 0 Å². The summed E-state index contributed by atoms with van der Waals surface area (Å²) < 4.78 is 1.10. The number of nitrogens with one attached hydrogen (secondary N) is 2. The summed E-state index contributed by atoms with van der Waals surface area (Å²) in [6, 6.07) is 18.3. The Morgan fingerprint density at radius 2 is 1.87 bits per heavy atom. The van der Waals surface area contributed by atoms with Crippen LogP contribution in [-0.4, -0.2) is 26.5 Å². The minimum absolute atomic E-state index is 0.637. The van der Waals surface area contributed by atoms with Gasteiger partial charge in [-0.2, -0.15) is 5.26 Å². The summed E-state index contributed by atoms with van der Waals surface area (Å²) in [5, 5.41) is 14.5. The fourth-order valence-electron chi connectivity index (χ4n) is 3.47. The molecule has 5 rings (SSSR count). The molecule has 2 aromatic carbocycles. The van der Waals surface area contributed by atoms with Crippen LogP contribution in [0.4, 0.5) is 5.82 Å². The second kappa shape index (κ2) is 7.93. The number of hydrogen-bond acceptors (Lipinski definition) is 6. The Hall–Kier alpha value is -3.76. The molecule has 0 aliphatic heterocycles. The number of anilines is 1. The second-order valence-electron chi connectivity index (χ2n) is 7.05. The monoisotopic (exact) mass is 410 g/mol. The molecule has 5 aromatic rings. The van der Waals surface area contributed by atoms with Gasteiger partial charge in [0.1, 0.15) is 18.0 Å². The van der Waals surface area contributed by atoms with Crippen molar-refractivity contribution in [3.8, 4) is 6.07 Å². The van der Waals surface area contributed by atoms with E-state index in [0.29, 0.717) is 5.56 Å². The minimum atomic E-state index is 0.637. The van der Waals surface area contributed by atoms with E-state index in [-0.39, 0.29) is 0 Å². The minimum Gasteiger partial charge on any atom is -0.368 e. The largest absolute Gasteiger partial charge is 0.368 e. The van der Waals surface area contributed by atoms with E-state index < -0.39 is 0 Å². The van der Waals surface area contributed by atoms with Crippen LogP contribution in [0.25, 0.3) is 21.3 Å². The highest BCUT2D eigenvalue weighted by atomic mass is 32.1. The summed E-state index contributed by atoms with van der Waals surface area (Å²) in [6.45, 7) is 0.814. The number of nitrogens with zero attached hydrogens (tertiary/aromatic N) is 4. The molecule has 2 N–H and O–H groups in total. The maximum Gasteiger partial charge on any atom is 0.147 e. The van der Waals surface area contributed by atoms with Gasteiger partial charge >= 0.3 is 0 Å². The summed E-state index contributed by atoms with van der Waals surface area (Å²) in [6.07, 6.45) is 3.25. The Morgan fingerprint density at radius 3 is 2.73 bits per heavy atom. The Balaban J connectivity index is 1.21. The number of benzene rings is 2. The highest BCUT2D eigenvalue weighted by Crippen LogP contribution is 2.24. The lowest BCUT2D eigenvalue weighted by Gasteiger charge is -2.07. The van der Waals surface area contributed by atoms with Crippen LogP contribution < -0.4 is 5.32 Å². The maximum absolute atomic E-state index is 9.03. The molecule has 0 aliphatic rings. The second-order valence-corrected chi connectivity index (χ2v) is 7.97. The molecular weight excluding hydrogens is 392 g/mol. The van der Waals surface area contributed by atoms with Crippen LogP contribution in [0.15, 0.2) is 60.2 Å². The number of nitriles is 1. The molecule has 0 saturated heterocycles. The Kier molecular flexibility index (Phi) is 4.83. The predicted molar refractivity (Wildman–Crippen MR) is 120 cm³/mol. The number of imidazole rings is 1. The van der Waals surface area contributed by atoms with Gasteiger partial charge in [0.15, 0.2) is 0 Å². The van der Waals surface area contributed by atoms with Crippen molar-refractivity contribution in [2.75, 3.05) is 11.9 Å². The lowest BCUT2D eigenvalue weighted by atomic mass is 10.1. The van der Waals surface area contributed by atoms with Gasteiger partial charge in [0.2, 0.25) is 0 Å². The van der Waals surface area contributed by atoms with E-state index in [1.165, 1.54) is 11.1 Å². The first kappa shape index (κ1) is 18.3. The standard InChI is InChI=1S/C23H18N6S/c24-13-17-5-6-18-20(11-17)29-21(28-18)12-16-3-1-15(2-4-16)7-9-25-23-22-19(8-10-30-22)26-14-27-23/h1-6,8,10-11,14H,7,9,12H2,(H,28,29)(H,25,26,27). The van der Waals surface area contributed by atoms with Crippen molar-refractivity contribution in [1.82, 2.24) is 19.9 Å². The van der Waals surface area contributed by atoms with Crippen molar-refractivity contribution >= 4 is 38.4 Å². The zero-order valence-corrected chi connectivity index (χ0v) is 16.9. The summed E-state index contributed by atoms with van der Waals surface area (Å²) in [5.74, 6) is 1.80. The van der Waals surface area contributed by atoms with Crippen molar-refractivity contribution in [1.29, 1.82) is 5.26 Å². The van der Waals surface area contributed by atoms with Gasteiger partial charge in [0.25, 0.3) is 0 Å². The Bertz CT molecular complexity index is 1360. The van der Waals surface area contributed by atoms with E-state index in [1.807, 2.05) is 23.6 Å². The molecule has 0 saturated carbocycles. The van der Waals surface area contributed by atoms with Gasteiger partial charge in [0, 0.05) is 13.0 Å². The van der Waals surface area contributed by atoms with Crippen LogP contribution in [0.5, 0.6) is 0 Å². The Labute approximate surface area is 177 Å². The molecule has 7 heteroatoms. The van der Waals surface area contributed by atoms with Gasteiger partial charge in [-0.1, -0.05) is 24.3 Å². The summed E-state index contributed by atoms with van der Waals surface area (Å²) in [7, 11) is 0. The van der Waals surface area contributed by atoms with Crippen LogP contribution in [-0.2, 0) is 12.8 Å². The molecule has 0 atom stereocenters. The number of aromatic amines is 1. The van der Waals surface area contributed by atoms with E-state index in [0.717, 1.165) is 52.3 Å². The first-order chi connectivity index (χ1) is 14.8. The van der Waals surface area contributed by atoms with Gasteiger partial charge in [-0.25, -0.2) is 15.0 Å². The topological polar surface area (TPSA) is 90.3 Å². The molecule has 0 aliphatic carbocycles. The van der Waals surface area contributed by atoms with Crippen LogP contribution in [0, 0.1) is 11.3 Å². The molecule has 0 bridgehead atoms. The molecule has 3 aromatic heterocycles. The zero-order valence-electron chi connectivity index (χ0n) is 16.1. The van der Waals surface area contributed by atoms with Crippen molar-refractivity contribution in [3.63, 3.8) is 0 Å². The quantitative estimate of drug-likeness (QED) is 0.424. The third-order valence-electron chi connectivity index (χ3n) is 5.00. The third-order valence-corrected chi connectivity index (χ3v) is 5.91.